The topological polar surface area (TPSA) is 0 Å². The molecule has 1 saturated carbocycles. The fraction of sp³-hybridized carbons (Fsp3) is 1.00. The fourth-order valence-electron chi connectivity index (χ4n) is 3.29. The first-order valence-corrected chi connectivity index (χ1v) is 6.80. The highest BCUT2D eigenvalue weighted by Crippen LogP contribution is 2.58. The van der Waals surface area contributed by atoms with E-state index in [-0.39, 0.29) is 0 Å². The van der Waals surface area contributed by atoms with E-state index in [1.807, 2.05) is 0 Å². The van der Waals surface area contributed by atoms with Crippen LogP contribution in [0.5, 0.6) is 0 Å². The van der Waals surface area contributed by atoms with E-state index in [0.29, 0.717) is 5.41 Å². The maximum absolute atomic E-state index is 2.52. The van der Waals surface area contributed by atoms with Gasteiger partial charge in [0.15, 0.2) is 0 Å². The summed E-state index contributed by atoms with van der Waals surface area (Å²) in [6, 6.07) is 0. The second kappa shape index (κ2) is 4.47. The number of hydrogen-bond donors (Lipinski definition) is 0. The van der Waals surface area contributed by atoms with Crippen LogP contribution in [0.25, 0.3) is 0 Å². The molecule has 4 atom stereocenters. The molecule has 0 saturated heterocycles. The molecule has 0 bridgehead atoms. The first-order chi connectivity index (χ1) is 6.80. The molecule has 0 heterocycles. The molecule has 4 unspecified atom stereocenters. The molecule has 0 aromatic rings. The SMILES string of the molecule is CC(C)C(C)CC1CC(C)C1(C)C(C)C. The monoisotopic (exact) mass is 210 g/mol. The molecular weight excluding hydrogens is 180 g/mol. The summed E-state index contributed by atoms with van der Waals surface area (Å²) in [7, 11) is 0. The standard InChI is InChI=1S/C15H30/c1-10(2)12(5)8-14-9-13(6)15(14,7)11(3)4/h10-14H,8-9H2,1-7H3. The summed E-state index contributed by atoms with van der Waals surface area (Å²) >= 11 is 0. The molecule has 1 rings (SSSR count). The normalized spacial score (nSPS) is 38.2. The van der Waals surface area contributed by atoms with E-state index in [1.165, 1.54) is 12.8 Å². The Morgan fingerprint density at radius 3 is 2.00 bits per heavy atom. The van der Waals surface area contributed by atoms with Gasteiger partial charge in [0, 0.05) is 0 Å². The minimum atomic E-state index is 0.614. The van der Waals surface area contributed by atoms with Gasteiger partial charge in [-0.1, -0.05) is 48.5 Å². The van der Waals surface area contributed by atoms with Crippen LogP contribution in [-0.2, 0) is 0 Å². The summed E-state index contributed by atoms with van der Waals surface area (Å²) in [5.41, 5.74) is 0.614. The molecule has 0 aromatic carbocycles. The minimum Gasteiger partial charge on any atom is -0.0625 e. The van der Waals surface area contributed by atoms with E-state index in [9.17, 15) is 0 Å². The Morgan fingerprint density at radius 1 is 1.13 bits per heavy atom. The van der Waals surface area contributed by atoms with Crippen LogP contribution in [0.2, 0.25) is 0 Å². The predicted molar refractivity (Wildman–Crippen MR) is 68.8 cm³/mol. The van der Waals surface area contributed by atoms with E-state index in [1.54, 1.807) is 0 Å². The third-order valence-corrected chi connectivity index (χ3v) is 5.62. The van der Waals surface area contributed by atoms with Crippen molar-refractivity contribution < 1.29 is 0 Å². The van der Waals surface area contributed by atoms with Crippen molar-refractivity contribution in [1.29, 1.82) is 0 Å². The lowest BCUT2D eigenvalue weighted by Gasteiger charge is -2.57. The van der Waals surface area contributed by atoms with E-state index in [4.69, 9.17) is 0 Å². The summed E-state index contributed by atoms with van der Waals surface area (Å²) in [6.45, 7) is 16.9. The van der Waals surface area contributed by atoms with Gasteiger partial charge in [-0.15, -0.1) is 0 Å². The fourth-order valence-corrected chi connectivity index (χ4v) is 3.29. The summed E-state index contributed by atoms with van der Waals surface area (Å²) in [6.07, 6.45) is 2.91. The van der Waals surface area contributed by atoms with Gasteiger partial charge in [-0.2, -0.15) is 0 Å². The lowest BCUT2D eigenvalue weighted by Crippen LogP contribution is -2.49. The van der Waals surface area contributed by atoms with E-state index in [2.05, 4.69) is 48.5 Å². The highest BCUT2D eigenvalue weighted by atomic mass is 14.5. The average molecular weight is 210 g/mol. The lowest BCUT2D eigenvalue weighted by molar-refractivity contribution is -0.0800. The largest absolute Gasteiger partial charge is 0.0625 e. The van der Waals surface area contributed by atoms with Crippen molar-refractivity contribution >= 4 is 0 Å². The van der Waals surface area contributed by atoms with Crippen molar-refractivity contribution in [3.8, 4) is 0 Å². The molecule has 1 aliphatic carbocycles. The molecule has 90 valence electrons. The van der Waals surface area contributed by atoms with Crippen molar-refractivity contribution in [3.05, 3.63) is 0 Å². The summed E-state index contributed by atoms with van der Waals surface area (Å²) < 4.78 is 0. The summed E-state index contributed by atoms with van der Waals surface area (Å²) in [5, 5.41) is 0. The lowest BCUT2D eigenvalue weighted by atomic mass is 9.48. The smallest absolute Gasteiger partial charge is 0.0249 e. The van der Waals surface area contributed by atoms with Gasteiger partial charge in [0.1, 0.15) is 0 Å². The second-order valence-corrected chi connectivity index (χ2v) is 6.81. The molecule has 1 aliphatic rings. The molecule has 0 amide bonds. The van der Waals surface area contributed by atoms with E-state index < -0.39 is 0 Å². The zero-order valence-electron chi connectivity index (χ0n) is 11.8. The molecule has 0 heteroatoms. The van der Waals surface area contributed by atoms with Gasteiger partial charge in [0.25, 0.3) is 0 Å². The summed E-state index contributed by atoms with van der Waals surface area (Å²) in [5.74, 6) is 4.48. The summed E-state index contributed by atoms with van der Waals surface area (Å²) in [4.78, 5) is 0. The molecule has 0 N–H and O–H groups in total. The van der Waals surface area contributed by atoms with Gasteiger partial charge in [-0.3, -0.25) is 0 Å². The number of hydrogen-bond acceptors (Lipinski definition) is 0. The van der Waals surface area contributed by atoms with Gasteiger partial charge < -0.3 is 0 Å². The van der Waals surface area contributed by atoms with Gasteiger partial charge in [0.2, 0.25) is 0 Å². The molecule has 0 aromatic heterocycles. The molecule has 0 nitrogen and oxygen atoms in total. The van der Waals surface area contributed by atoms with Crippen molar-refractivity contribution in [3.63, 3.8) is 0 Å². The van der Waals surface area contributed by atoms with Crippen molar-refractivity contribution in [2.75, 3.05) is 0 Å². The van der Waals surface area contributed by atoms with Crippen LogP contribution < -0.4 is 0 Å². The number of rotatable bonds is 4. The van der Waals surface area contributed by atoms with E-state index in [0.717, 1.165) is 29.6 Å². The second-order valence-electron chi connectivity index (χ2n) is 6.81. The molecule has 15 heavy (non-hydrogen) atoms. The maximum Gasteiger partial charge on any atom is -0.0249 e. The van der Waals surface area contributed by atoms with Crippen molar-refractivity contribution in [1.82, 2.24) is 0 Å². The highest BCUT2D eigenvalue weighted by molar-refractivity contribution is 4.99. The zero-order chi connectivity index (χ0) is 11.8. The Kier molecular flexibility index (Phi) is 3.90. The molecule has 0 aliphatic heterocycles. The van der Waals surface area contributed by atoms with Crippen LogP contribution >= 0.6 is 0 Å². The minimum absolute atomic E-state index is 0.614. The highest BCUT2D eigenvalue weighted by Gasteiger charge is 2.50. The van der Waals surface area contributed by atoms with E-state index >= 15 is 0 Å². The predicted octanol–water partition coefficient (Wildman–Crippen LogP) is 4.99. The van der Waals surface area contributed by atoms with Crippen LogP contribution in [0.1, 0.15) is 61.3 Å². The van der Waals surface area contributed by atoms with Crippen LogP contribution in [0.15, 0.2) is 0 Å². The first kappa shape index (κ1) is 13.1. The Labute approximate surface area is 96.8 Å². The van der Waals surface area contributed by atoms with Crippen LogP contribution in [-0.4, -0.2) is 0 Å². The third-order valence-electron chi connectivity index (χ3n) is 5.62. The first-order valence-electron chi connectivity index (χ1n) is 6.80. The molecule has 0 spiro atoms. The zero-order valence-corrected chi connectivity index (χ0v) is 11.8. The Hall–Kier alpha value is 0. The van der Waals surface area contributed by atoms with Crippen LogP contribution in [0.3, 0.4) is 0 Å². The van der Waals surface area contributed by atoms with Gasteiger partial charge in [-0.05, 0) is 47.8 Å². The Balaban J connectivity index is 2.58. The Bertz CT molecular complexity index is 197. The maximum atomic E-state index is 2.52. The van der Waals surface area contributed by atoms with Gasteiger partial charge in [0.05, 0.1) is 0 Å². The van der Waals surface area contributed by atoms with Crippen molar-refractivity contribution in [2.24, 2.45) is 35.0 Å². The molecular formula is C15H30. The molecule has 1 fully saturated rings. The third kappa shape index (κ3) is 2.24. The van der Waals surface area contributed by atoms with Gasteiger partial charge >= 0.3 is 0 Å². The quantitative estimate of drug-likeness (QED) is 0.613. The molecule has 0 radical (unpaired) electrons. The average Bonchev–Trinajstić information content (AvgIpc) is 2.15. The Morgan fingerprint density at radius 2 is 1.67 bits per heavy atom. The van der Waals surface area contributed by atoms with Crippen LogP contribution in [0, 0.1) is 35.0 Å². The van der Waals surface area contributed by atoms with Crippen molar-refractivity contribution in [2.45, 2.75) is 61.3 Å². The van der Waals surface area contributed by atoms with Gasteiger partial charge in [-0.25, -0.2) is 0 Å². The van der Waals surface area contributed by atoms with Crippen LogP contribution in [0.4, 0.5) is 0 Å².